The van der Waals surface area contributed by atoms with Crippen molar-refractivity contribution in [2.24, 2.45) is 23.7 Å². The van der Waals surface area contributed by atoms with Gasteiger partial charge in [-0.1, -0.05) is 48.5 Å². The molecular weight excluding hydrogens is 566 g/mol. The summed E-state index contributed by atoms with van der Waals surface area (Å²) < 4.78 is 11.4. The van der Waals surface area contributed by atoms with Crippen molar-refractivity contribution in [3.8, 4) is 0 Å². The van der Waals surface area contributed by atoms with E-state index in [0.29, 0.717) is 31.2 Å². The van der Waals surface area contributed by atoms with Crippen molar-refractivity contribution in [2.75, 3.05) is 19.7 Å². The van der Waals surface area contributed by atoms with Crippen LogP contribution in [0.3, 0.4) is 0 Å². The van der Waals surface area contributed by atoms with Crippen LogP contribution in [0, 0.1) is 23.7 Å². The van der Waals surface area contributed by atoms with Gasteiger partial charge >= 0.3 is 12.1 Å². The first-order chi connectivity index (χ1) is 21.8. The number of nitrogens with one attached hydrogen (secondary N) is 2. The third-order valence-corrected chi connectivity index (χ3v) is 10.3. The van der Waals surface area contributed by atoms with Crippen LogP contribution < -0.4 is 5.32 Å². The number of esters is 1. The molecule has 2 amide bonds. The normalized spacial score (nSPS) is 24.6. The standard InChI is InChI=1S/C37H47N3O5/c1-3-44-34(42)14-13-33(41)40(16-15-25-9-5-4-6-10-25)24-37(2,22-30-23-38-32-12-8-7-11-31(30)32)39-36(43)45-35-28-18-26-17-27(20-28)21-29(35)19-26/h4-12,23,26-29,35,38H,3,13-22,24H2,1-2H3,(H,39,43)/t26?,27?,28?,29?,35?,37-/m0/s1. The van der Waals surface area contributed by atoms with Crippen LogP contribution in [0.25, 0.3) is 10.9 Å². The number of H-pyrrole nitrogens is 1. The molecule has 2 aromatic carbocycles. The summed E-state index contributed by atoms with van der Waals surface area (Å²) in [7, 11) is 0. The van der Waals surface area contributed by atoms with E-state index in [9.17, 15) is 14.4 Å². The number of carbonyl (C=O) groups excluding carboxylic acids is 3. The van der Waals surface area contributed by atoms with Gasteiger partial charge in [0, 0.05) is 36.6 Å². The second-order valence-corrected chi connectivity index (χ2v) is 13.9. The Morgan fingerprint density at radius 1 is 0.933 bits per heavy atom. The summed E-state index contributed by atoms with van der Waals surface area (Å²) in [4.78, 5) is 44.8. The van der Waals surface area contributed by atoms with Crippen LogP contribution in [-0.2, 0) is 31.9 Å². The number of carbonyl (C=O) groups is 3. The van der Waals surface area contributed by atoms with Gasteiger partial charge in [0.05, 0.1) is 18.6 Å². The van der Waals surface area contributed by atoms with Gasteiger partial charge in [-0.15, -0.1) is 0 Å². The Hall–Kier alpha value is -3.81. The Labute approximate surface area is 266 Å². The van der Waals surface area contributed by atoms with Crippen LogP contribution in [-0.4, -0.2) is 59.2 Å². The Bertz CT molecular complexity index is 1460. The highest BCUT2D eigenvalue weighted by molar-refractivity contribution is 5.84. The molecule has 1 atom stereocenters. The van der Waals surface area contributed by atoms with Crippen molar-refractivity contribution < 1.29 is 23.9 Å². The average Bonchev–Trinajstić information content (AvgIpc) is 3.42. The maximum Gasteiger partial charge on any atom is 0.407 e. The van der Waals surface area contributed by atoms with Gasteiger partial charge in [0.15, 0.2) is 0 Å². The number of amides is 2. The molecule has 8 nitrogen and oxygen atoms in total. The number of para-hydroxylation sites is 1. The predicted molar refractivity (Wildman–Crippen MR) is 173 cm³/mol. The van der Waals surface area contributed by atoms with Gasteiger partial charge in [-0.05, 0) is 99.7 Å². The van der Waals surface area contributed by atoms with E-state index in [-0.39, 0.29) is 44.0 Å². The highest BCUT2D eigenvalue weighted by Crippen LogP contribution is 2.54. The number of hydrogen-bond donors (Lipinski definition) is 2. The highest BCUT2D eigenvalue weighted by Gasteiger charge is 2.50. The molecule has 1 aromatic heterocycles. The smallest absolute Gasteiger partial charge is 0.407 e. The van der Waals surface area contributed by atoms with E-state index in [1.807, 2.05) is 61.7 Å². The van der Waals surface area contributed by atoms with Gasteiger partial charge < -0.3 is 24.7 Å². The lowest BCUT2D eigenvalue weighted by molar-refractivity contribution is -0.145. The van der Waals surface area contributed by atoms with Gasteiger partial charge in [0.1, 0.15) is 6.10 Å². The predicted octanol–water partition coefficient (Wildman–Crippen LogP) is 6.43. The summed E-state index contributed by atoms with van der Waals surface area (Å²) in [6.45, 7) is 4.78. The number of rotatable bonds is 13. The fourth-order valence-electron chi connectivity index (χ4n) is 8.53. The van der Waals surface area contributed by atoms with Crippen molar-refractivity contribution >= 4 is 28.9 Å². The minimum absolute atomic E-state index is 0.0234. The number of ether oxygens (including phenoxy) is 2. The van der Waals surface area contributed by atoms with E-state index >= 15 is 0 Å². The van der Waals surface area contributed by atoms with Crippen LogP contribution in [0.4, 0.5) is 4.79 Å². The Morgan fingerprint density at radius 3 is 2.33 bits per heavy atom. The molecule has 2 N–H and O–H groups in total. The first-order valence-electron chi connectivity index (χ1n) is 16.8. The Balaban J connectivity index is 1.22. The highest BCUT2D eigenvalue weighted by atomic mass is 16.6. The molecular formula is C37H47N3O5. The van der Waals surface area contributed by atoms with Crippen LogP contribution in [0.2, 0.25) is 0 Å². The first kappa shape index (κ1) is 31.2. The fourth-order valence-corrected chi connectivity index (χ4v) is 8.53. The lowest BCUT2D eigenvalue weighted by Crippen LogP contribution is -2.58. The zero-order chi connectivity index (χ0) is 31.4. The summed E-state index contributed by atoms with van der Waals surface area (Å²) in [6.07, 6.45) is 8.80. The van der Waals surface area contributed by atoms with Gasteiger partial charge in [0.25, 0.3) is 0 Å². The lowest BCUT2D eigenvalue weighted by Gasteiger charge is -2.53. The summed E-state index contributed by atoms with van der Waals surface area (Å²) in [5.41, 5.74) is 2.38. The van der Waals surface area contributed by atoms with E-state index in [0.717, 1.165) is 33.9 Å². The van der Waals surface area contributed by atoms with Crippen LogP contribution in [0.5, 0.6) is 0 Å². The molecule has 4 bridgehead atoms. The van der Waals surface area contributed by atoms with Gasteiger partial charge in [0.2, 0.25) is 5.91 Å². The maximum atomic E-state index is 13.8. The molecule has 3 aromatic rings. The second kappa shape index (κ2) is 13.7. The number of fused-ring (bicyclic) bond motifs is 1. The van der Waals surface area contributed by atoms with E-state index in [1.54, 1.807) is 11.8 Å². The lowest BCUT2D eigenvalue weighted by atomic mass is 9.55. The van der Waals surface area contributed by atoms with E-state index < -0.39 is 11.6 Å². The van der Waals surface area contributed by atoms with Crippen molar-refractivity contribution in [1.29, 1.82) is 0 Å². The van der Waals surface area contributed by atoms with Gasteiger partial charge in [-0.25, -0.2) is 4.79 Å². The monoisotopic (exact) mass is 613 g/mol. The SMILES string of the molecule is CCOC(=O)CCC(=O)N(CCc1ccccc1)C[C@](C)(Cc1c[nH]c2ccccc12)NC(=O)OC1C2CC3CC(C2)CC1C3. The minimum atomic E-state index is -0.829. The van der Waals surface area contributed by atoms with E-state index in [2.05, 4.69) is 16.4 Å². The number of hydrogen-bond acceptors (Lipinski definition) is 5. The van der Waals surface area contributed by atoms with E-state index in [1.165, 1.54) is 32.1 Å². The molecule has 4 saturated carbocycles. The zero-order valence-electron chi connectivity index (χ0n) is 26.6. The topological polar surface area (TPSA) is 101 Å². The molecule has 4 aliphatic rings. The molecule has 4 aliphatic carbocycles. The van der Waals surface area contributed by atoms with Crippen molar-refractivity contribution in [3.05, 3.63) is 71.9 Å². The third kappa shape index (κ3) is 7.54. The molecule has 0 radical (unpaired) electrons. The molecule has 0 saturated heterocycles. The molecule has 8 heteroatoms. The first-order valence-corrected chi connectivity index (χ1v) is 16.8. The van der Waals surface area contributed by atoms with Crippen LogP contribution in [0.15, 0.2) is 60.8 Å². The third-order valence-electron chi connectivity index (χ3n) is 10.3. The van der Waals surface area contributed by atoms with Crippen molar-refractivity contribution in [3.63, 3.8) is 0 Å². The molecule has 0 aliphatic heterocycles. The van der Waals surface area contributed by atoms with Crippen LogP contribution >= 0.6 is 0 Å². The van der Waals surface area contributed by atoms with Gasteiger partial charge in [-0.3, -0.25) is 9.59 Å². The molecule has 4 fully saturated rings. The number of benzene rings is 2. The Morgan fingerprint density at radius 2 is 1.62 bits per heavy atom. The zero-order valence-corrected chi connectivity index (χ0v) is 26.6. The molecule has 45 heavy (non-hydrogen) atoms. The van der Waals surface area contributed by atoms with Crippen molar-refractivity contribution in [2.45, 2.75) is 83.3 Å². The summed E-state index contributed by atoms with van der Waals surface area (Å²) >= 11 is 0. The second-order valence-electron chi connectivity index (χ2n) is 13.9. The Kier molecular flexibility index (Phi) is 9.47. The van der Waals surface area contributed by atoms with E-state index in [4.69, 9.17) is 9.47 Å². The largest absolute Gasteiger partial charge is 0.466 e. The summed E-state index contributed by atoms with van der Waals surface area (Å²) in [6, 6.07) is 18.2. The molecule has 7 rings (SSSR count). The average molecular weight is 614 g/mol. The number of alkyl carbamates (subject to hydrolysis) is 1. The molecule has 1 heterocycles. The minimum Gasteiger partial charge on any atom is -0.466 e. The number of nitrogens with zero attached hydrogens (tertiary/aromatic N) is 1. The number of aromatic nitrogens is 1. The molecule has 240 valence electrons. The summed E-state index contributed by atoms with van der Waals surface area (Å²) in [5, 5.41) is 4.35. The van der Waals surface area contributed by atoms with Gasteiger partial charge in [-0.2, -0.15) is 0 Å². The molecule has 0 unspecified atom stereocenters. The summed E-state index contributed by atoms with van der Waals surface area (Å²) in [5.74, 6) is 1.98. The van der Waals surface area contributed by atoms with Crippen molar-refractivity contribution in [1.82, 2.24) is 15.2 Å². The maximum absolute atomic E-state index is 13.8. The number of aromatic amines is 1. The quantitative estimate of drug-likeness (QED) is 0.216. The fraction of sp³-hybridized carbons (Fsp3) is 0.541. The van der Waals surface area contributed by atoms with Crippen LogP contribution in [0.1, 0.15) is 69.9 Å². The molecule has 0 spiro atoms.